The van der Waals surface area contributed by atoms with Crippen LogP contribution >= 0.6 is 11.6 Å². The van der Waals surface area contributed by atoms with Gasteiger partial charge in [-0.2, -0.15) is 0 Å². The highest BCUT2D eigenvalue weighted by Crippen LogP contribution is 2.21. The zero-order valence-electron chi connectivity index (χ0n) is 10.4. The Balaban J connectivity index is 2.61. The second-order valence-corrected chi connectivity index (χ2v) is 5.64. The van der Waals surface area contributed by atoms with Gasteiger partial charge in [-0.25, -0.2) is 0 Å². The summed E-state index contributed by atoms with van der Waals surface area (Å²) in [5.74, 6) is -0.217. The van der Waals surface area contributed by atoms with Crippen molar-refractivity contribution in [3.05, 3.63) is 28.8 Å². The first kappa shape index (κ1) is 13.8. The average Bonchev–Trinajstić information content (AvgIpc) is 2.19. The van der Waals surface area contributed by atoms with Crippen LogP contribution in [-0.2, 0) is 0 Å². The summed E-state index contributed by atoms with van der Waals surface area (Å²) in [6.45, 7) is 6.93. The zero-order valence-corrected chi connectivity index (χ0v) is 11.1. The summed E-state index contributed by atoms with van der Waals surface area (Å²) in [6.07, 6.45) is 0.884. The van der Waals surface area contributed by atoms with E-state index in [1.54, 1.807) is 0 Å². The number of nitrogens with one attached hydrogen (secondary N) is 1. The minimum absolute atomic E-state index is 0.0374. The number of aromatic hydroxyl groups is 1. The minimum atomic E-state index is -0.254. The topological polar surface area (TPSA) is 49.3 Å². The van der Waals surface area contributed by atoms with Gasteiger partial charge in [0.1, 0.15) is 5.75 Å². The number of halogens is 1. The van der Waals surface area contributed by atoms with Gasteiger partial charge in [0.2, 0.25) is 0 Å². The average molecular weight is 256 g/mol. The third kappa shape index (κ3) is 4.65. The van der Waals surface area contributed by atoms with Crippen LogP contribution in [0.4, 0.5) is 0 Å². The summed E-state index contributed by atoms with van der Waals surface area (Å²) < 4.78 is 0. The predicted molar refractivity (Wildman–Crippen MR) is 69.5 cm³/mol. The van der Waals surface area contributed by atoms with Gasteiger partial charge in [-0.3, -0.25) is 4.79 Å². The van der Waals surface area contributed by atoms with Crippen LogP contribution in [0, 0.1) is 5.41 Å². The number of phenolic OH excluding ortho intramolecular Hbond substituents is 1. The van der Waals surface area contributed by atoms with Crippen molar-refractivity contribution in [2.24, 2.45) is 5.41 Å². The number of carbonyl (C=O) groups excluding carboxylic acids is 1. The van der Waals surface area contributed by atoms with Gasteiger partial charge >= 0.3 is 0 Å². The summed E-state index contributed by atoms with van der Waals surface area (Å²) in [6, 6.07) is 4.33. The van der Waals surface area contributed by atoms with E-state index in [0.29, 0.717) is 17.1 Å². The van der Waals surface area contributed by atoms with E-state index >= 15 is 0 Å². The molecule has 1 amide bonds. The van der Waals surface area contributed by atoms with Crippen LogP contribution in [0.5, 0.6) is 5.75 Å². The molecule has 0 unspecified atom stereocenters. The number of phenols is 1. The molecule has 0 aromatic heterocycles. The molecular weight excluding hydrogens is 238 g/mol. The number of benzene rings is 1. The van der Waals surface area contributed by atoms with Gasteiger partial charge in [-0.1, -0.05) is 32.4 Å². The van der Waals surface area contributed by atoms with Gasteiger partial charge in [0.15, 0.2) is 0 Å². The van der Waals surface area contributed by atoms with E-state index in [2.05, 4.69) is 26.1 Å². The summed E-state index contributed by atoms with van der Waals surface area (Å²) in [7, 11) is 0. The van der Waals surface area contributed by atoms with E-state index < -0.39 is 0 Å². The Morgan fingerprint density at radius 3 is 2.65 bits per heavy atom. The zero-order chi connectivity index (χ0) is 13.1. The largest absolute Gasteiger partial charge is 0.508 e. The maximum atomic E-state index is 11.8. The van der Waals surface area contributed by atoms with Crippen molar-refractivity contribution in [2.75, 3.05) is 6.54 Å². The van der Waals surface area contributed by atoms with E-state index in [4.69, 9.17) is 11.6 Å². The van der Waals surface area contributed by atoms with Crippen molar-refractivity contribution in [3.8, 4) is 5.75 Å². The van der Waals surface area contributed by atoms with Crippen LogP contribution in [0.1, 0.15) is 37.6 Å². The first-order valence-electron chi connectivity index (χ1n) is 5.56. The number of rotatable bonds is 3. The number of hydrogen-bond donors (Lipinski definition) is 2. The Hall–Kier alpha value is -1.22. The molecule has 0 aliphatic heterocycles. The first-order valence-corrected chi connectivity index (χ1v) is 5.94. The Morgan fingerprint density at radius 1 is 1.41 bits per heavy atom. The van der Waals surface area contributed by atoms with Crippen LogP contribution in [0.25, 0.3) is 0 Å². The predicted octanol–water partition coefficient (Wildman–Crippen LogP) is 3.21. The van der Waals surface area contributed by atoms with Crippen LogP contribution < -0.4 is 5.32 Å². The van der Waals surface area contributed by atoms with E-state index in [-0.39, 0.29) is 17.1 Å². The van der Waals surface area contributed by atoms with Crippen molar-refractivity contribution in [2.45, 2.75) is 27.2 Å². The van der Waals surface area contributed by atoms with E-state index in [1.807, 2.05) is 0 Å². The molecule has 1 rings (SSSR count). The Bertz CT molecular complexity index is 410. The molecule has 0 aliphatic carbocycles. The fraction of sp³-hybridized carbons (Fsp3) is 0.462. The molecule has 4 heteroatoms. The molecule has 2 N–H and O–H groups in total. The number of carbonyl (C=O) groups is 1. The minimum Gasteiger partial charge on any atom is -0.508 e. The summed E-state index contributed by atoms with van der Waals surface area (Å²) in [5.41, 5.74) is 0.483. The second-order valence-electron chi connectivity index (χ2n) is 5.23. The van der Waals surface area contributed by atoms with Gasteiger partial charge in [0, 0.05) is 6.54 Å². The maximum absolute atomic E-state index is 11.8. The SMILES string of the molecule is CC(C)(C)CCNC(=O)c1cc(O)ccc1Cl. The molecule has 0 heterocycles. The van der Waals surface area contributed by atoms with Crippen LogP contribution in [0.2, 0.25) is 5.02 Å². The molecule has 0 spiro atoms. The monoisotopic (exact) mass is 255 g/mol. The summed E-state index contributed by atoms with van der Waals surface area (Å²) >= 11 is 5.89. The highest BCUT2D eigenvalue weighted by molar-refractivity contribution is 6.33. The van der Waals surface area contributed by atoms with E-state index in [1.165, 1.54) is 18.2 Å². The molecular formula is C13H18ClNO2. The first-order chi connectivity index (χ1) is 7.79. The molecule has 1 aromatic rings. The van der Waals surface area contributed by atoms with Gasteiger partial charge < -0.3 is 10.4 Å². The molecule has 0 bridgehead atoms. The lowest BCUT2D eigenvalue weighted by molar-refractivity contribution is 0.0949. The lowest BCUT2D eigenvalue weighted by Crippen LogP contribution is -2.27. The van der Waals surface area contributed by atoms with Gasteiger partial charge in [0.25, 0.3) is 5.91 Å². The normalized spacial score (nSPS) is 11.3. The molecule has 17 heavy (non-hydrogen) atoms. The maximum Gasteiger partial charge on any atom is 0.252 e. The van der Waals surface area contributed by atoms with Crippen LogP contribution in [0.3, 0.4) is 0 Å². The van der Waals surface area contributed by atoms with Crippen molar-refractivity contribution >= 4 is 17.5 Å². The van der Waals surface area contributed by atoms with Crippen LogP contribution in [0.15, 0.2) is 18.2 Å². The summed E-state index contributed by atoms with van der Waals surface area (Å²) in [5, 5.41) is 12.4. The standard InChI is InChI=1S/C13H18ClNO2/c1-13(2,3)6-7-15-12(17)10-8-9(16)4-5-11(10)14/h4-5,8,16H,6-7H2,1-3H3,(H,15,17). The molecule has 0 radical (unpaired) electrons. The van der Waals surface area contributed by atoms with Crippen molar-refractivity contribution in [1.29, 1.82) is 0 Å². The lowest BCUT2D eigenvalue weighted by Gasteiger charge is -2.18. The molecule has 0 saturated carbocycles. The highest BCUT2D eigenvalue weighted by Gasteiger charge is 2.13. The number of amides is 1. The van der Waals surface area contributed by atoms with Gasteiger partial charge in [-0.05, 0) is 30.0 Å². The Kier molecular flexibility index (Phi) is 4.40. The lowest BCUT2D eigenvalue weighted by atomic mass is 9.92. The summed E-state index contributed by atoms with van der Waals surface area (Å²) in [4.78, 5) is 11.8. The Morgan fingerprint density at radius 2 is 2.06 bits per heavy atom. The van der Waals surface area contributed by atoms with E-state index in [9.17, 15) is 9.90 Å². The second kappa shape index (κ2) is 5.41. The number of hydrogen-bond acceptors (Lipinski definition) is 2. The quantitative estimate of drug-likeness (QED) is 0.871. The van der Waals surface area contributed by atoms with Gasteiger partial charge in [0.05, 0.1) is 10.6 Å². The molecule has 0 atom stereocenters. The van der Waals surface area contributed by atoms with Crippen molar-refractivity contribution in [1.82, 2.24) is 5.32 Å². The fourth-order valence-corrected chi connectivity index (χ4v) is 1.54. The fourth-order valence-electron chi connectivity index (χ4n) is 1.33. The molecule has 0 saturated heterocycles. The molecule has 3 nitrogen and oxygen atoms in total. The van der Waals surface area contributed by atoms with Crippen molar-refractivity contribution < 1.29 is 9.90 Å². The van der Waals surface area contributed by atoms with Crippen molar-refractivity contribution in [3.63, 3.8) is 0 Å². The van der Waals surface area contributed by atoms with Gasteiger partial charge in [-0.15, -0.1) is 0 Å². The third-order valence-electron chi connectivity index (χ3n) is 2.36. The molecule has 94 valence electrons. The highest BCUT2D eigenvalue weighted by atomic mass is 35.5. The Labute approximate surface area is 107 Å². The molecule has 0 aliphatic rings. The smallest absolute Gasteiger partial charge is 0.252 e. The third-order valence-corrected chi connectivity index (χ3v) is 2.68. The van der Waals surface area contributed by atoms with E-state index in [0.717, 1.165) is 6.42 Å². The molecule has 0 fully saturated rings. The van der Waals surface area contributed by atoms with Crippen LogP contribution in [-0.4, -0.2) is 17.6 Å². The molecule has 1 aromatic carbocycles.